The van der Waals surface area contributed by atoms with Crippen LogP contribution in [0.1, 0.15) is 19.3 Å². The summed E-state index contributed by atoms with van der Waals surface area (Å²) in [7, 11) is 0. The molecule has 1 aliphatic rings. The summed E-state index contributed by atoms with van der Waals surface area (Å²) < 4.78 is 24.1. The molecule has 0 unspecified atom stereocenters. The van der Waals surface area contributed by atoms with Gasteiger partial charge in [0.15, 0.2) is 0 Å². The molecule has 0 saturated carbocycles. The van der Waals surface area contributed by atoms with Crippen LogP contribution in [0.5, 0.6) is 5.75 Å². The summed E-state index contributed by atoms with van der Waals surface area (Å²) in [4.78, 5) is 2.36. The van der Waals surface area contributed by atoms with Crippen LogP contribution in [-0.4, -0.2) is 82.0 Å². The summed E-state index contributed by atoms with van der Waals surface area (Å²) in [6.45, 7) is 6.36. The van der Waals surface area contributed by atoms with E-state index in [0.29, 0.717) is 45.7 Å². The molecular weight excluding hydrogens is 494 g/mol. The number of halogens is 2. The van der Waals surface area contributed by atoms with Crippen molar-refractivity contribution in [2.75, 3.05) is 65.9 Å². The second-order valence-corrected chi connectivity index (χ2v) is 8.31. The molecule has 1 aromatic rings. The van der Waals surface area contributed by atoms with E-state index in [1.54, 1.807) is 0 Å². The van der Waals surface area contributed by atoms with Gasteiger partial charge in [0.25, 0.3) is 0 Å². The number of benzene rings is 1. The average molecular weight is 525 g/mol. The fourth-order valence-electron chi connectivity index (χ4n) is 3.13. The van der Waals surface area contributed by atoms with E-state index in [2.05, 4.69) is 36.8 Å². The molecule has 1 aromatic carbocycles. The van der Waals surface area contributed by atoms with Crippen molar-refractivity contribution in [3.8, 4) is 5.75 Å². The Morgan fingerprint density at radius 3 is 2.18 bits per heavy atom. The number of hydrogen-bond acceptors (Lipinski definition) is 6. The number of ether oxygens (including phenoxy) is 4. The second-order valence-electron chi connectivity index (χ2n) is 6.60. The Hall–Kier alpha value is -0.220. The quantitative estimate of drug-likeness (QED) is 0.354. The van der Waals surface area contributed by atoms with Gasteiger partial charge in [0.05, 0.1) is 48.6 Å². The summed E-state index contributed by atoms with van der Waals surface area (Å²) in [5.74, 6) is 0.788. The molecule has 0 amide bonds. The largest absolute Gasteiger partial charge is 0.489 e. The third kappa shape index (κ3) is 9.07. The van der Waals surface area contributed by atoms with Crippen LogP contribution in [0, 0.1) is 0 Å². The molecule has 1 fully saturated rings. The topological polar surface area (TPSA) is 60.4 Å². The lowest BCUT2D eigenvalue weighted by Gasteiger charge is -2.22. The smallest absolute Gasteiger partial charge is 0.147 e. The van der Waals surface area contributed by atoms with E-state index in [0.717, 1.165) is 47.2 Å². The van der Waals surface area contributed by atoms with Gasteiger partial charge < -0.3 is 24.1 Å². The maximum atomic E-state index is 9.29. The molecule has 0 aliphatic carbocycles. The van der Waals surface area contributed by atoms with Crippen molar-refractivity contribution in [1.29, 1.82) is 0 Å². The van der Waals surface area contributed by atoms with Gasteiger partial charge in [-0.25, -0.2) is 0 Å². The minimum atomic E-state index is 0.268. The fraction of sp³-hybridized carbons (Fsp3) is 0.700. The van der Waals surface area contributed by atoms with Crippen molar-refractivity contribution in [1.82, 2.24) is 4.90 Å². The van der Waals surface area contributed by atoms with Gasteiger partial charge >= 0.3 is 0 Å². The van der Waals surface area contributed by atoms with E-state index >= 15 is 0 Å². The van der Waals surface area contributed by atoms with Crippen molar-refractivity contribution in [3.63, 3.8) is 0 Å². The zero-order valence-electron chi connectivity index (χ0n) is 16.3. The first kappa shape index (κ1) is 24.1. The van der Waals surface area contributed by atoms with Crippen LogP contribution >= 0.6 is 31.9 Å². The van der Waals surface area contributed by atoms with Crippen LogP contribution in [0.4, 0.5) is 0 Å². The Morgan fingerprint density at radius 1 is 0.929 bits per heavy atom. The van der Waals surface area contributed by atoms with Gasteiger partial charge in [0.1, 0.15) is 12.4 Å². The molecule has 0 radical (unpaired) electrons. The molecule has 1 aliphatic heterocycles. The third-order valence-electron chi connectivity index (χ3n) is 4.58. The fourth-order valence-corrected chi connectivity index (χ4v) is 4.36. The van der Waals surface area contributed by atoms with E-state index in [1.165, 1.54) is 6.42 Å². The molecule has 0 aromatic heterocycles. The summed E-state index contributed by atoms with van der Waals surface area (Å²) in [5.41, 5.74) is 0. The summed E-state index contributed by atoms with van der Waals surface area (Å²) in [6.07, 6.45) is 3.30. The number of aliphatic hydroxyl groups is 1. The highest BCUT2D eigenvalue weighted by atomic mass is 79.9. The second kappa shape index (κ2) is 14.7. The predicted molar refractivity (Wildman–Crippen MR) is 116 cm³/mol. The van der Waals surface area contributed by atoms with Gasteiger partial charge in [-0.3, -0.25) is 4.90 Å². The molecular formula is C20H31Br2NO5. The van der Waals surface area contributed by atoms with E-state index in [1.807, 2.05) is 18.2 Å². The lowest BCUT2D eigenvalue weighted by molar-refractivity contribution is 0.00767. The van der Waals surface area contributed by atoms with E-state index in [9.17, 15) is 5.11 Å². The molecule has 1 N–H and O–H groups in total. The number of likely N-dealkylation sites (tertiary alicyclic amines) is 1. The van der Waals surface area contributed by atoms with Crippen molar-refractivity contribution in [2.45, 2.75) is 25.3 Å². The van der Waals surface area contributed by atoms with Crippen molar-refractivity contribution < 1.29 is 24.1 Å². The Balaban J connectivity index is 1.34. The van der Waals surface area contributed by atoms with Gasteiger partial charge in [-0.2, -0.15) is 0 Å². The van der Waals surface area contributed by atoms with Crippen molar-refractivity contribution >= 4 is 31.9 Å². The predicted octanol–water partition coefficient (Wildman–Crippen LogP) is 3.49. The highest BCUT2D eigenvalue weighted by Crippen LogP contribution is 2.32. The first-order valence-electron chi connectivity index (χ1n) is 9.87. The standard InChI is InChI=1S/C20H31Br2NO5/c21-18-5-1-6-19(22)20(18)28-15-14-27-13-12-26-11-10-25-9-3-8-23-7-2-4-17(23)16-24/h1,5-6,17,24H,2-4,7-16H2/t17-/m0/s1. The van der Waals surface area contributed by atoms with E-state index in [-0.39, 0.29) is 6.61 Å². The Kier molecular flexibility index (Phi) is 12.6. The molecule has 8 heteroatoms. The summed E-state index contributed by atoms with van der Waals surface area (Å²) in [5, 5.41) is 9.29. The van der Waals surface area contributed by atoms with Crippen LogP contribution in [0.2, 0.25) is 0 Å². The van der Waals surface area contributed by atoms with Crippen LogP contribution < -0.4 is 4.74 Å². The zero-order chi connectivity index (χ0) is 20.0. The number of hydrogen-bond donors (Lipinski definition) is 1. The third-order valence-corrected chi connectivity index (χ3v) is 5.83. The SMILES string of the molecule is OC[C@@H]1CCCN1CCCOCCOCCOCCOc1c(Br)cccc1Br. The van der Waals surface area contributed by atoms with Crippen molar-refractivity contribution in [3.05, 3.63) is 27.1 Å². The van der Waals surface area contributed by atoms with Gasteiger partial charge in [-0.05, 0) is 69.8 Å². The normalized spacial score (nSPS) is 17.3. The monoisotopic (exact) mass is 523 g/mol. The van der Waals surface area contributed by atoms with Gasteiger partial charge in [-0.15, -0.1) is 0 Å². The van der Waals surface area contributed by atoms with Gasteiger partial charge in [0, 0.05) is 19.2 Å². The average Bonchev–Trinajstić information content (AvgIpc) is 3.15. The Bertz CT molecular complexity index is 529. The molecule has 6 nitrogen and oxygen atoms in total. The molecule has 0 bridgehead atoms. The summed E-state index contributed by atoms with van der Waals surface area (Å²) >= 11 is 6.93. The van der Waals surface area contributed by atoms with Crippen LogP contribution in [-0.2, 0) is 14.2 Å². The van der Waals surface area contributed by atoms with Crippen LogP contribution in [0.25, 0.3) is 0 Å². The first-order chi connectivity index (χ1) is 13.7. The van der Waals surface area contributed by atoms with Gasteiger partial charge in [-0.1, -0.05) is 6.07 Å². The van der Waals surface area contributed by atoms with Crippen LogP contribution in [0.3, 0.4) is 0 Å². The number of aliphatic hydroxyl groups excluding tert-OH is 1. The maximum Gasteiger partial charge on any atom is 0.147 e. The minimum absolute atomic E-state index is 0.268. The number of rotatable bonds is 15. The highest BCUT2D eigenvalue weighted by Gasteiger charge is 2.22. The minimum Gasteiger partial charge on any atom is -0.489 e. The van der Waals surface area contributed by atoms with Gasteiger partial charge in [0.2, 0.25) is 0 Å². The Morgan fingerprint density at radius 2 is 1.54 bits per heavy atom. The van der Waals surface area contributed by atoms with Crippen molar-refractivity contribution in [2.24, 2.45) is 0 Å². The van der Waals surface area contributed by atoms with Crippen LogP contribution in [0.15, 0.2) is 27.1 Å². The van der Waals surface area contributed by atoms with E-state index < -0.39 is 0 Å². The molecule has 0 spiro atoms. The van der Waals surface area contributed by atoms with E-state index in [4.69, 9.17) is 18.9 Å². The summed E-state index contributed by atoms with van der Waals surface area (Å²) in [6, 6.07) is 6.17. The highest BCUT2D eigenvalue weighted by molar-refractivity contribution is 9.11. The Labute approximate surface area is 184 Å². The molecule has 1 saturated heterocycles. The lowest BCUT2D eigenvalue weighted by atomic mass is 10.2. The molecule has 28 heavy (non-hydrogen) atoms. The maximum absolute atomic E-state index is 9.29. The number of nitrogens with zero attached hydrogens (tertiary/aromatic N) is 1. The molecule has 1 heterocycles. The first-order valence-corrected chi connectivity index (χ1v) is 11.5. The zero-order valence-corrected chi connectivity index (χ0v) is 19.5. The lowest BCUT2D eigenvalue weighted by Crippen LogP contribution is -2.33. The molecule has 2 rings (SSSR count). The molecule has 160 valence electrons. The molecule has 1 atom stereocenters. The number of para-hydroxylation sites is 1.